The second-order valence-electron chi connectivity index (χ2n) is 12.2. The number of aromatic nitrogens is 2. The average Bonchev–Trinajstić information content (AvgIpc) is 3.52. The van der Waals surface area contributed by atoms with Crippen LogP contribution in [0.25, 0.3) is 0 Å². The smallest absolute Gasteiger partial charge is 0.369 e. The van der Waals surface area contributed by atoms with Crippen LogP contribution in [0.2, 0.25) is 0 Å². The number of piperidine rings is 1. The molecule has 16 heteroatoms. The summed E-state index contributed by atoms with van der Waals surface area (Å²) in [7, 11) is 0. The first-order valence-electron chi connectivity index (χ1n) is 14.9. The number of alkyl halides is 3. The van der Waals surface area contributed by atoms with Gasteiger partial charge in [-0.05, 0) is 56.7 Å². The Morgan fingerprint density at radius 3 is 2.41 bits per heavy atom. The molecule has 0 radical (unpaired) electrons. The van der Waals surface area contributed by atoms with Crippen LogP contribution in [-0.4, -0.2) is 63.3 Å². The van der Waals surface area contributed by atoms with Crippen molar-refractivity contribution >= 4 is 40.9 Å². The van der Waals surface area contributed by atoms with Gasteiger partial charge in [-0.3, -0.25) is 38.9 Å². The summed E-state index contributed by atoms with van der Waals surface area (Å²) in [4.78, 5) is 65.7. The number of anilines is 2. The molecule has 2 aromatic carbocycles. The summed E-state index contributed by atoms with van der Waals surface area (Å²) < 4.78 is 55.9. The monoisotopic (exact) mass is 675 g/mol. The van der Waals surface area contributed by atoms with E-state index in [0.29, 0.717) is 24.8 Å². The van der Waals surface area contributed by atoms with Crippen molar-refractivity contribution in [3.63, 3.8) is 0 Å². The molecule has 49 heavy (non-hydrogen) atoms. The summed E-state index contributed by atoms with van der Waals surface area (Å²) in [5.41, 5.74) is -2.75. The lowest BCUT2D eigenvalue weighted by atomic mass is 9.98. The molecule has 0 aliphatic carbocycles. The minimum Gasteiger partial charge on any atom is -0.369 e. The Hall–Kier alpha value is -6.03. The zero-order valence-corrected chi connectivity index (χ0v) is 25.8. The number of nitrogens with zero attached hydrogens (tertiary/aromatic N) is 5. The molecule has 2 fully saturated rings. The first-order chi connectivity index (χ1) is 23.1. The Labute approximate surface area is 275 Å². The molecule has 4 heterocycles. The third-order valence-electron chi connectivity index (χ3n) is 8.58. The van der Waals surface area contributed by atoms with E-state index in [9.17, 15) is 41.5 Å². The number of hydrogen-bond donors (Lipinski definition) is 2. The number of carbonyl (C=O) groups excluding carboxylic acids is 5. The number of amides is 5. The summed E-state index contributed by atoms with van der Waals surface area (Å²) in [5, 5.41) is 17.3. The van der Waals surface area contributed by atoms with Crippen LogP contribution in [0.5, 0.6) is 0 Å². The highest BCUT2D eigenvalue weighted by atomic mass is 19.4. The standard InChI is InChI=1S/C33H25F4N7O5/c1-32(2,31(49)39-20-6-5-18(13-38)24(11-20)33(35,36)37)43-16-19(27(34)41-43)4-3-17-14-42(15-17)21-7-8-22-23(12-21)30(48)44(29(22)47)25-9-10-26(45)40-28(25)46/h5-8,11-12,16-17,25H,9-10,14-15H2,1-2H3,(H,39,49)(H,40,45,46). The van der Waals surface area contributed by atoms with Crippen LogP contribution in [0.15, 0.2) is 42.6 Å². The molecule has 1 unspecified atom stereocenters. The van der Waals surface area contributed by atoms with Crippen molar-refractivity contribution in [2.45, 2.75) is 44.4 Å². The third-order valence-corrected chi connectivity index (χ3v) is 8.58. The number of rotatable bonds is 5. The van der Waals surface area contributed by atoms with Gasteiger partial charge in [0.25, 0.3) is 17.7 Å². The van der Waals surface area contributed by atoms with Crippen molar-refractivity contribution in [1.29, 1.82) is 5.26 Å². The summed E-state index contributed by atoms with van der Waals surface area (Å²) in [6.45, 7) is 3.62. The molecule has 0 spiro atoms. The van der Waals surface area contributed by atoms with E-state index in [-0.39, 0.29) is 41.1 Å². The number of carbonyl (C=O) groups is 5. The molecule has 1 atom stereocenters. The predicted molar refractivity (Wildman–Crippen MR) is 162 cm³/mol. The molecule has 2 N–H and O–H groups in total. The van der Waals surface area contributed by atoms with E-state index in [1.54, 1.807) is 12.1 Å². The first kappa shape index (κ1) is 32.9. The van der Waals surface area contributed by atoms with Gasteiger partial charge in [-0.25, -0.2) is 0 Å². The van der Waals surface area contributed by atoms with E-state index < -0.39 is 64.4 Å². The first-order valence-corrected chi connectivity index (χ1v) is 14.9. The number of hydrogen-bond acceptors (Lipinski definition) is 8. The van der Waals surface area contributed by atoms with Gasteiger partial charge in [-0.1, -0.05) is 11.8 Å². The van der Waals surface area contributed by atoms with E-state index in [4.69, 9.17) is 5.26 Å². The van der Waals surface area contributed by atoms with Crippen LogP contribution in [0.4, 0.5) is 28.9 Å². The summed E-state index contributed by atoms with van der Waals surface area (Å²) in [6.07, 6.45) is -3.54. The molecule has 0 saturated carbocycles. The predicted octanol–water partition coefficient (Wildman–Crippen LogP) is 3.18. The van der Waals surface area contributed by atoms with E-state index in [1.165, 1.54) is 32.2 Å². The fraction of sp³-hybridized carbons (Fsp3) is 0.303. The third kappa shape index (κ3) is 5.97. The van der Waals surface area contributed by atoms with Crippen molar-refractivity contribution in [2.75, 3.05) is 23.3 Å². The summed E-state index contributed by atoms with van der Waals surface area (Å²) >= 11 is 0. The van der Waals surface area contributed by atoms with Gasteiger partial charge in [0.15, 0.2) is 0 Å². The molecule has 12 nitrogen and oxygen atoms in total. The van der Waals surface area contributed by atoms with Crippen molar-refractivity contribution in [3.05, 3.63) is 76.4 Å². The van der Waals surface area contributed by atoms with Crippen LogP contribution >= 0.6 is 0 Å². The van der Waals surface area contributed by atoms with E-state index >= 15 is 0 Å². The Morgan fingerprint density at radius 2 is 1.73 bits per heavy atom. The lowest BCUT2D eigenvalue weighted by molar-refractivity contribution is -0.138. The van der Waals surface area contributed by atoms with Crippen molar-refractivity contribution in [1.82, 2.24) is 20.0 Å². The van der Waals surface area contributed by atoms with Gasteiger partial charge in [0.1, 0.15) is 11.6 Å². The maximum absolute atomic E-state index is 14.8. The largest absolute Gasteiger partial charge is 0.417 e. The quantitative estimate of drug-likeness (QED) is 0.237. The highest BCUT2D eigenvalue weighted by molar-refractivity contribution is 6.23. The number of benzene rings is 2. The lowest BCUT2D eigenvalue weighted by Crippen LogP contribution is -2.54. The molecular formula is C33H25F4N7O5. The van der Waals surface area contributed by atoms with Crippen LogP contribution < -0.4 is 15.5 Å². The van der Waals surface area contributed by atoms with Gasteiger partial charge in [0.2, 0.25) is 17.8 Å². The highest BCUT2D eigenvalue weighted by Gasteiger charge is 2.45. The van der Waals surface area contributed by atoms with Gasteiger partial charge in [0, 0.05) is 37.1 Å². The second kappa shape index (κ2) is 11.9. The highest BCUT2D eigenvalue weighted by Crippen LogP contribution is 2.35. The second-order valence-corrected chi connectivity index (χ2v) is 12.2. The molecule has 3 aliphatic rings. The Bertz CT molecular complexity index is 2060. The molecule has 6 rings (SSSR count). The number of nitriles is 1. The normalized spacial score (nSPS) is 17.9. The maximum Gasteiger partial charge on any atom is 0.417 e. The summed E-state index contributed by atoms with van der Waals surface area (Å²) in [5.74, 6) is 1.32. The zero-order chi connectivity index (χ0) is 35.4. The Balaban J connectivity index is 1.10. The molecular weight excluding hydrogens is 650 g/mol. The van der Waals surface area contributed by atoms with Crippen molar-refractivity contribution in [3.8, 4) is 17.9 Å². The average molecular weight is 676 g/mol. The molecule has 0 bridgehead atoms. The molecule has 3 aromatic rings. The Morgan fingerprint density at radius 1 is 1.02 bits per heavy atom. The number of fused-ring (bicyclic) bond motifs is 1. The lowest BCUT2D eigenvalue weighted by Gasteiger charge is -2.38. The van der Waals surface area contributed by atoms with Gasteiger partial charge in [-0.15, -0.1) is 5.10 Å². The Kier molecular flexibility index (Phi) is 7.98. The summed E-state index contributed by atoms with van der Waals surface area (Å²) in [6, 6.07) is 7.86. The minimum atomic E-state index is -4.82. The van der Waals surface area contributed by atoms with Crippen LogP contribution in [0, 0.1) is 35.0 Å². The van der Waals surface area contributed by atoms with E-state index in [2.05, 4.69) is 27.6 Å². The van der Waals surface area contributed by atoms with Gasteiger partial charge in [0.05, 0.1) is 39.8 Å². The van der Waals surface area contributed by atoms with Crippen LogP contribution in [0.1, 0.15) is 64.1 Å². The number of imide groups is 2. The van der Waals surface area contributed by atoms with Gasteiger partial charge >= 0.3 is 6.18 Å². The van der Waals surface area contributed by atoms with E-state index in [0.717, 1.165) is 21.7 Å². The molecule has 2 saturated heterocycles. The van der Waals surface area contributed by atoms with Crippen LogP contribution in [0.3, 0.4) is 0 Å². The van der Waals surface area contributed by atoms with Crippen molar-refractivity contribution < 1.29 is 41.5 Å². The van der Waals surface area contributed by atoms with E-state index in [1.807, 2.05) is 4.90 Å². The van der Waals surface area contributed by atoms with Crippen molar-refractivity contribution in [2.24, 2.45) is 5.92 Å². The zero-order valence-electron chi connectivity index (χ0n) is 25.8. The topological polar surface area (TPSA) is 158 Å². The van der Waals surface area contributed by atoms with Gasteiger partial charge < -0.3 is 10.2 Å². The number of nitrogens with one attached hydrogen (secondary N) is 2. The minimum absolute atomic E-state index is 0.0119. The SMILES string of the molecule is CC(C)(C(=O)Nc1ccc(C#N)c(C(F)(F)F)c1)n1cc(C#CC2CN(c3ccc4c(c3)C(=O)N(C3CCC(=O)NC3=O)C4=O)C2)c(F)n1. The van der Waals surface area contributed by atoms with Gasteiger partial charge in [-0.2, -0.15) is 22.8 Å². The van der Waals surface area contributed by atoms with Crippen LogP contribution in [-0.2, 0) is 26.1 Å². The molecule has 3 aliphatic heterocycles. The number of halogens is 4. The fourth-order valence-electron chi connectivity index (χ4n) is 5.68. The maximum atomic E-state index is 14.8. The molecule has 1 aromatic heterocycles. The fourth-order valence-corrected chi connectivity index (χ4v) is 5.68. The molecule has 5 amide bonds. The molecule has 250 valence electrons.